The third-order valence-corrected chi connectivity index (χ3v) is 11.2. The Kier molecular flexibility index (Phi) is 11.9. The van der Waals surface area contributed by atoms with Crippen molar-refractivity contribution in [3.63, 3.8) is 0 Å². The first-order chi connectivity index (χ1) is 22.6. The number of rotatable bonds is 12. The van der Waals surface area contributed by atoms with Crippen LogP contribution in [-0.2, 0) is 32.6 Å². The molecule has 4 aromatic rings. The molecule has 0 spiro atoms. The molecule has 5 rings (SSSR count). The van der Waals surface area contributed by atoms with Crippen LogP contribution in [0.3, 0.4) is 0 Å². The molecule has 1 fully saturated rings. The molecule has 0 bridgehead atoms. The third-order valence-electron chi connectivity index (χ3n) is 8.32. The van der Waals surface area contributed by atoms with Gasteiger partial charge in [-0.25, -0.2) is 8.42 Å². The summed E-state index contributed by atoms with van der Waals surface area (Å²) in [5, 5.41) is 3.99. The molecule has 4 aromatic carbocycles. The fourth-order valence-electron chi connectivity index (χ4n) is 5.80. The van der Waals surface area contributed by atoms with Crippen LogP contribution in [-0.4, -0.2) is 43.8 Å². The lowest BCUT2D eigenvalue weighted by molar-refractivity contribution is -0.140. The van der Waals surface area contributed by atoms with Crippen molar-refractivity contribution in [1.29, 1.82) is 0 Å². The highest BCUT2D eigenvalue weighted by atomic mass is 35.5. The molecule has 0 radical (unpaired) electrons. The lowest BCUT2D eigenvalue weighted by Gasteiger charge is -2.35. The van der Waals surface area contributed by atoms with E-state index in [1.807, 2.05) is 30.3 Å². The van der Waals surface area contributed by atoms with Crippen LogP contribution < -0.4 is 9.62 Å². The maximum absolute atomic E-state index is 14.6. The number of amides is 2. The van der Waals surface area contributed by atoms with E-state index in [1.54, 1.807) is 42.5 Å². The number of halogens is 3. The summed E-state index contributed by atoms with van der Waals surface area (Å²) in [6, 6.07) is 27.8. The Morgan fingerprint density at radius 3 is 2.06 bits per heavy atom. The number of hydrogen-bond acceptors (Lipinski definition) is 4. The Hall–Kier alpha value is -3.56. The molecule has 7 nitrogen and oxygen atoms in total. The molecule has 1 saturated carbocycles. The minimum Gasteiger partial charge on any atom is -0.352 e. The van der Waals surface area contributed by atoms with E-state index < -0.39 is 28.5 Å². The smallest absolute Gasteiger partial charge is 0.264 e. The van der Waals surface area contributed by atoms with Gasteiger partial charge < -0.3 is 10.2 Å². The molecule has 1 atom stereocenters. The number of carbonyl (C=O) groups is 2. The van der Waals surface area contributed by atoms with Gasteiger partial charge in [0, 0.05) is 24.0 Å². The topological polar surface area (TPSA) is 86.8 Å². The molecule has 0 unspecified atom stereocenters. The summed E-state index contributed by atoms with van der Waals surface area (Å²) in [5.41, 5.74) is 1.63. The molecule has 1 N–H and O–H groups in total. The van der Waals surface area contributed by atoms with Crippen molar-refractivity contribution in [2.75, 3.05) is 10.8 Å². The quantitative estimate of drug-likeness (QED) is 0.162. The number of anilines is 1. The minimum atomic E-state index is -4.26. The van der Waals surface area contributed by atoms with E-state index in [9.17, 15) is 18.0 Å². The van der Waals surface area contributed by atoms with Crippen LogP contribution >= 0.6 is 34.8 Å². The van der Waals surface area contributed by atoms with Crippen molar-refractivity contribution >= 4 is 62.3 Å². The number of nitrogens with one attached hydrogen (secondary N) is 1. The number of hydrogen-bond donors (Lipinski definition) is 1. The fourth-order valence-corrected chi connectivity index (χ4v) is 7.71. The highest BCUT2D eigenvalue weighted by molar-refractivity contribution is 7.92. The van der Waals surface area contributed by atoms with E-state index in [2.05, 4.69) is 5.32 Å². The maximum Gasteiger partial charge on any atom is 0.264 e. The van der Waals surface area contributed by atoms with Gasteiger partial charge >= 0.3 is 0 Å². The zero-order valence-corrected chi connectivity index (χ0v) is 28.8. The second-order valence-electron chi connectivity index (χ2n) is 11.6. The van der Waals surface area contributed by atoms with Crippen molar-refractivity contribution in [1.82, 2.24) is 10.2 Å². The van der Waals surface area contributed by atoms with Crippen molar-refractivity contribution < 1.29 is 18.0 Å². The largest absolute Gasteiger partial charge is 0.352 e. The summed E-state index contributed by atoms with van der Waals surface area (Å²) < 4.78 is 29.3. The van der Waals surface area contributed by atoms with E-state index >= 15 is 0 Å². The van der Waals surface area contributed by atoms with Gasteiger partial charge in [0.1, 0.15) is 12.6 Å². The first-order valence-electron chi connectivity index (χ1n) is 15.5. The van der Waals surface area contributed by atoms with Crippen LogP contribution in [0.5, 0.6) is 0 Å². The van der Waals surface area contributed by atoms with E-state index in [0.29, 0.717) is 10.6 Å². The Labute approximate surface area is 291 Å². The van der Waals surface area contributed by atoms with Gasteiger partial charge in [-0.3, -0.25) is 13.9 Å². The summed E-state index contributed by atoms with van der Waals surface area (Å²) in [6.45, 7) is -0.629. The SMILES string of the molecule is O=C(NC1CCCCC1)[C@@H](Cc1ccccc1)N(Cc1ccccc1Cl)C(=O)CN(c1ccc(Cl)c(Cl)c1)S(=O)(=O)c1ccccc1. The van der Waals surface area contributed by atoms with Crippen LogP contribution in [0.1, 0.15) is 43.2 Å². The van der Waals surface area contributed by atoms with Crippen LogP contribution in [0, 0.1) is 0 Å². The molecule has 11 heteroatoms. The maximum atomic E-state index is 14.6. The van der Waals surface area contributed by atoms with E-state index in [0.717, 1.165) is 42.0 Å². The van der Waals surface area contributed by atoms with Crippen LogP contribution in [0.2, 0.25) is 15.1 Å². The third kappa shape index (κ3) is 8.87. The second-order valence-corrected chi connectivity index (χ2v) is 14.7. The summed E-state index contributed by atoms with van der Waals surface area (Å²) in [7, 11) is -4.26. The zero-order valence-electron chi connectivity index (χ0n) is 25.7. The number of sulfonamides is 1. The van der Waals surface area contributed by atoms with Crippen molar-refractivity contribution in [2.24, 2.45) is 0 Å². The highest BCUT2D eigenvalue weighted by Gasteiger charge is 2.35. The molecular weight excluding hydrogens is 677 g/mol. The molecule has 1 aliphatic rings. The van der Waals surface area contributed by atoms with Crippen LogP contribution in [0.15, 0.2) is 108 Å². The highest BCUT2D eigenvalue weighted by Crippen LogP contribution is 2.31. The monoisotopic (exact) mass is 711 g/mol. The summed E-state index contributed by atoms with van der Waals surface area (Å²) in [4.78, 5) is 30.3. The summed E-state index contributed by atoms with van der Waals surface area (Å²) in [5.74, 6) is -0.886. The van der Waals surface area contributed by atoms with Gasteiger partial charge in [-0.05, 0) is 60.4 Å². The first kappa shape index (κ1) is 34.8. The predicted molar refractivity (Wildman–Crippen MR) is 188 cm³/mol. The molecule has 47 heavy (non-hydrogen) atoms. The zero-order chi connectivity index (χ0) is 33.4. The van der Waals surface area contributed by atoms with Crippen LogP contribution in [0.4, 0.5) is 5.69 Å². The lowest BCUT2D eigenvalue weighted by Crippen LogP contribution is -2.55. The van der Waals surface area contributed by atoms with Gasteiger partial charge in [0.05, 0.1) is 20.6 Å². The Morgan fingerprint density at radius 2 is 1.40 bits per heavy atom. The minimum absolute atomic E-state index is 0.00189. The summed E-state index contributed by atoms with van der Waals surface area (Å²) in [6.07, 6.45) is 5.11. The van der Waals surface area contributed by atoms with E-state index in [4.69, 9.17) is 34.8 Å². The van der Waals surface area contributed by atoms with Crippen molar-refractivity contribution in [3.8, 4) is 0 Å². The molecular formula is C36H36Cl3N3O4S. The van der Waals surface area contributed by atoms with Crippen LogP contribution in [0.25, 0.3) is 0 Å². The molecule has 1 aliphatic carbocycles. The Morgan fingerprint density at radius 1 is 0.766 bits per heavy atom. The predicted octanol–water partition coefficient (Wildman–Crippen LogP) is 7.93. The van der Waals surface area contributed by atoms with Gasteiger partial charge in [0.2, 0.25) is 11.8 Å². The van der Waals surface area contributed by atoms with Crippen molar-refractivity contribution in [2.45, 2.75) is 62.0 Å². The molecule has 0 aromatic heterocycles. The molecule has 0 saturated heterocycles. The molecule has 2 amide bonds. The van der Waals surface area contributed by atoms with Crippen molar-refractivity contribution in [3.05, 3.63) is 129 Å². The molecule has 246 valence electrons. The van der Waals surface area contributed by atoms with Gasteiger partial charge in [-0.1, -0.05) is 121 Å². The van der Waals surface area contributed by atoms with E-state index in [1.165, 1.54) is 35.2 Å². The molecule has 0 aliphatic heterocycles. The average molecular weight is 713 g/mol. The lowest BCUT2D eigenvalue weighted by atomic mass is 9.94. The number of nitrogens with zero attached hydrogens (tertiary/aromatic N) is 2. The standard InChI is InChI=1S/C36H36Cl3N3O4S/c37-31-19-11-10-14-27(31)24-41(34(22-26-12-4-1-5-13-26)36(44)40-28-15-6-2-7-16-28)35(43)25-42(29-20-21-32(38)33(39)23-29)47(45,46)30-17-8-3-9-18-30/h1,3-5,8-14,17-21,23,28,34H,2,6-7,15-16,22,24-25H2,(H,40,44)/t34-/m1/s1. The number of carbonyl (C=O) groups excluding carboxylic acids is 2. The Bertz CT molecular complexity index is 1790. The average Bonchev–Trinajstić information content (AvgIpc) is 3.08. The van der Waals surface area contributed by atoms with Gasteiger partial charge in [-0.2, -0.15) is 0 Å². The first-order valence-corrected chi connectivity index (χ1v) is 18.1. The number of benzene rings is 4. The Balaban J connectivity index is 1.58. The fraction of sp³-hybridized carbons (Fsp3) is 0.278. The summed E-state index contributed by atoms with van der Waals surface area (Å²) >= 11 is 19.1. The van der Waals surface area contributed by atoms with Gasteiger partial charge in [0.15, 0.2) is 0 Å². The normalized spacial score (nSPS) is 14.3. The van der Waals surface area contributed by atoms with E-state index in [-0.39, 0.29) is 45.5 Å². The molecule has 0 heterocycles. The van der Waals surface area contributed by atoms with Gasteiger partial charge in [-0.15, -0.1) is 0 Å². The van der Waals surface area contributed by atoms with Gasteiger partial charge in [0.25, 0.3) is 10.0 Å². The second kappa shape index (κ2) is 16.0.